The van der Waals surface area contributed by atoms with Crippen LogP contribution in [0.5, 0.6) is 5.75 Å². The second kappa shape index (κ2) is 13.6. The van der Waals surface area contributed by atoms with Gasteiger partial charge in [-0.1, -0.05) is 60.3 Å². The van der Waals surface area contributed by atoms with E-state index in [0.29, 0.717) is 16.7 Å². The summed E-state index contributed by atoms with van der Waals surface area (Å²) in [5.41, 5.74) is 5.90. The van der Waals surface area contributed by atoms with Crippen LogP contribution in [0.1, 0.15) is 11.1 Å². The number of nitrogens with one attached hydrogen (secondary N) is 1. The normalized spacial score (nSPS) is 11.1. The molecule has 1 N–H and O–H groups in total. The van der Waals surface area contributed by atoms with E-state index in [9.17, 15) is 9.59 Å². The molecule has 10 heteroatoms. The maximum absolute atomic E-state index is 12.5. The Labute approximate surface area is 240 Å². The number of ether oxygens (including phenoxy) is 1. The lowest BCUT2D eigenvalue weighted by Crippen LogP contribution is -2.20. The average molecular weight is 561 g/mol. The van der Waals surface area contributed by atoms with E-state index in [-0.39, 0.29) is 11.7 Å². The predicted octanol–water partition coefficient (Wildman–Crippen LogP) is 5.19. The van der Waals surface area contributed by atoms with Gasteiger partial charge in [0.2, 0.25) is 0 Å². The van der Waals surface area contributed by atoms with Crippen LogP contribution in [0, 0.1) is 0 Å². The summed E-state index contributed by atoms with van der Waals surface area (Å²) in [5, 5.41) is 13.3. The molecular formula is C31H24N6O3S. The van der Waals surface area contributed by atoms with E-state index < -0.39 is 5.97 Å². The summed E-state index contributed by atoms with van der Waals surface area (Å²) in [6, 6.07) is 29.7. The van der Waals surface area contributed by atoms with Crippen LogP contribution in [-0.2, 0) is 9.59 Å². The van der Waals surface area contributed by atoms with Crippen molar-refractivity contribution in [2.24, 2.45) is 5.10 Å². The predicted molar refractivity (Wildman–Crippen MR) is 159 cm³/mol. The molecule has 0 saturated carbocycles. The largest absolute Gasteiger partial charge is 0.423 e. The highest BCUT2D eigenvalue weighted by Crippen LogP contribution is 2.27. The molecule has 0 aliphatic heterocycles. The number of hydrogen-bond acceptors (Lipinski definition) is 8. The molecule has 3 aromatic carbocycles. The number of hydrogen-bond donors (Lipinski definition) is 1. The lowest BCUT2D eigenvalue weighted by atomic mass is 10.2. The minimum Gasteiger partial charge on any atom is -0.423 e. The topological polar surface area (TPSA) is 111 Å². The SMILES string of the molecule is O=C(CSc1nnc(-c2ccncc2)n1-c1ccccc1)NN=Cc1ccc(OC(=O)C=Cc2ccccc2)cc1. The second-order valence-electron chi connectivity index (χ2n) is 8.53. The summed E-state index contributed by atoms with van der Waals surface area (Å²) in [6.07, 6.45) is 7.97. The van der Waals surface area contributed by atoms with Crippen LogP contribution >= 0.6 is 11.8 Å². The van der Waals surface area contributed by atoms with Gasteiger partial charge in [0.15, 0.2) is 11.0 Å². The number of carbonyl (C=O) groups excluding carboxylic acids is 2. The monoisotopic (exact) mass is 560 g/mol. The Bertz CT molecular complexity index is 1660. The van der Waals surface area contributed by atoms with Gasteiger partial charge in [0, 0.05) is 29.7 Å². The molecule has 1 amide bonds. The van der Waals surface area contributed by atoms with Crippen LogP contribution in [0.25, 0.3) is 23.2 Å². The summed E-state index contributed by atoms with van der Waals surface area (Å²) < 4.78 is 7.23. The van der Waals surface area contributed by atoms with Gasteiger partial charge in [-0.3, -0.25) is 14.3 Å². The molecule has 2 heterocycles. The van der Waals surface area contributed by atoms with Crippen LogP contribution in [0.3, 0.4) is 0 Å². The van der Waals surface area contributed by atoms with E-state index in [0.717, 1.165) is 22.4 Å². The van der Waals surface area contributed by atoms with Gasteiger partial charge in [0.05, 0.1) is 12.0 Å². The van der Waals surface area contributed by atoms with Crippen LogP contribution in [-0.4, -0.2) is 43.6 Å². The molecule has 0 aliphatic rings. The lowest BCUT2D eigenvalue weighted by Gasteiger charge is -2.10. The molecule has 41 heavy (non-hydrogen) atoms. The number of amides is 1. The number of pyridine rings is 1. The van der Waals surface area contributed by atoms with Crippen molar-refractivity contribution in [3.63, 3.8) is 0 Å². The standard InChI is InChI=1S/C31H24N6O3S/c38-28(22-41-31-36-35-30(25-17-19-32-20-18-25)37(31)26-9-5-2-6-10-26)34-33-21-24-11-14-27(15-12-24)40-29(39)16-13-23-7-3-1-4-8-23/h1-21H,22H2,(H,34,38). The quantitative estimate of drug-likeness (QED) is 0.0625. The minimum atomic E-state index is -0.476. The van der Waals surface area contributed by atoms with Gasteiger partial charge in [-0.25, -0.2) is 10.2 Å². The van der Waals surface area contributed by atoms with Crippen LogP contribution < -0.4 is 10.2 Å². The molecule has 0 unspecified atom stereocenters. The third kappa shape index (κ3) is 7.61. The smallest absolute Gasteiger partial charge is 0.336 e. The van der Waals surface area contributed by atoms with Gasteiger partial charge in [-0.05, 0) is 65.7 Å². The Hall–Kier alpha value is -5.35. The third-order valence-electron chi connectivity index (χ3n) is 5.63. The fourth-order valence-corrected chi connectivity index (χ4v) is 4.45. The molecule has 0 fully saturated rings. The number of nitrogens with zero attached hydrogens (tertiary/aromatic N) is 5. The van der Waals surface area contributed by atoms with Crippen molar-refractivity contribution in [3.05, 3.63) is 127 Å². The molecule has 9 nitrogen and oxygen atoms in total. The zero-order valence-electron chi connectivity index (χ0n) is 21.7. The Morgan fingerprint density at radius 2 is 1.56 bits per heavy atom. The summed E-state index contributed by atoms with van der Waals surface area (Å²) in [6.45, 7) is 0. The average Bonchev–Trinajstić information content (AvgIpc) is 3.45. The van der Waals surface area contributed by atoms with Crippen molar-refractivity contribution in [2.45, 2.75) is 5.16 Å². The van der Waals surface area contributed by atoms with Gasteiger partial charge >= 0.3 is 5.97 Å². The Morgan fingerprint density at radius 3 is 2.29 bits per heavy atom. The van der Waals surface area contributed by atoms with E-state index in [1.807, 2.05) is 77.4 Å². The molecule has 0 saturated heterocycles. The first-order valence-electron chi connectivity index (χ1n) is 12.6. The Balaban J connectivity index is 1.15. The van der Waals surface area contributed by atoms with Crippen molar-refractivity contribution in [2.75, 3.05) is 5.75 Å². The van der Waals surface area contributed by atoms with E-state index in [1.165, 1.54) is 24.1 Å². The minimum absolute atomic E-state index is 0.0873. The first-order chi connectivity index (χ1) is 20.2. The molecule has 0 aliphatic carbocycles. The van der Waals surface area contributed by atoms with Gasteiger partial charge in [-0.15, -0.1) is 10.2 Å². The highest BCUT2D eigenvalue weighted by molar-refractivity contribution is 7.99. The van der Waals surface area contributed by atoms with E-state index in [2.05, 4.69) is 25.7 Å². The number of hydrazone groups is 1. The number of carbonyl (C=O) groups is 2. The van der Waals surface area contributed by atoms with Gasteiger partial charge < -0.3 is 4.74 Å². The van der Waals surface area contributed by atoms with Crippen molar-refractivity contribution in [1.29, 1.82) is 0 Å². The van der Waals surface area contributed by atoms with Crippen LogP contribution in [0.15, 0.2) is 126 Å². The number of benzene rings is 3. The van der Waals surface area contributed by atoms with Crippen molar-refractivity contribution in [3.8, 4) is 22.8 Å². The molecule has 0 spiro atoms. The lowest BCUT2D eigenvalue weighted by molar-refractivity contribution is -0.129. The zero-order valence-corrected chi connectivity index (χ0v) is 22.5. The van der Waals surface area contributed by atoms with Crippen molar-refractivity contribution >= 4 is 35.9 Å². The number of thioether (sulfide) groups is 1. The second-order valence-corrected chi connectivity index (χ2v) is 9.47. The Morgan fingerprint density at radius 1 is 0.854 bits per heavy atom. The first kappa shape index (κ1) is 27.2. The third-order valence-corrected chi connectivity index (χ3v) is 6.56. The van der Waals surface area contributed by atoms with Gasteiger partial charge in [0.1, 0.15) is 5.75 Å². The van der Waals surface area contributed by atoms with Crippen molar-refractivity contribution in [1.82, 2.24) is 25.2 Å². The summed E-state index contributed by atoms with van der Waals surface area (Å²) in [5.74, 6) is 0.371. The van der Waals surface area contributed by atoms with E-state index in [1.54, 1.807) is 42.7 Å². The maximum Gasteiger partial charge on any atom is 0.336 e. The first-order valence-corrected chi connectivity index (χ1v) is 13.6. The molecule has 5 rings (SSSR count). The Kier molecular flexibility index (Phi) is 9.05. The fourth-order valence-electron chi connectivity index (χ4n) is 3.70. The van der Waals surface area contributed by atoms with Crippen LogP contribution in [0.4, 0.5) is 0 Å². The van der Waals surface area contributed by atoms with Gasteiger partial charge in [0.25, 0.3) is 5.91 Å². The molecule has 0 bridgehead atoms. The highest BCUT2D eigenvalue weighted by atomic mass is 32.2. The molecule has 0 radical (unpaired) electrons. The number of para-hydroxylation sites is 1. The number of rotatable bonds is 10. The molecule has 2 aromatic heterocycles. The van der Waals surface area contributed by atoms with Crippen LogP contribution in [0.2, 0.25) is 0 Å². The summed E-state index contributed by atoms with van der Waals surface area (Å²) in [4.78, 5) is 28.6. The van der Waals surface area contributed by atoms with Crippen molar-refractivity contribution < 1.29 is 14.3 Å². The summed E-state index contributed by atoms with van der Waals surface area (Å²) >= 11 is 1.26. The maximum atomic E-state index is 12.5. The van der Waals surface area contributed by atoms with E-state index in [4.69, 9.17) is 4.74 Å². The summed E-state index contributed by atoms with van der Waals surface area (Å²) in [7, 11) is 0. The van der Waals surface area contributed by atoms with Gasteiger partial charge in [-0.2, -0.15) is 5.10 Å². The molecule has 0 atom stereocenters. The highest BCUT2D eigenvalue weighted by Gasteiger charge is 2.17. The fraction of sp³-hybridized carbons (Fsp3) is 0.0323. The molecular weight excluding hydrogens is 536 g/mol. The molecule has 5 aromatic rings. The number of esters is 1. The number of aromatic nitrogens is 4. The zero-order chi connectivity index (χ0) is 28.3. The van der Waals surface area contributed by atoms with E-state index >= 15 is 0 Å². The molecule has 202 valence electrons.